The van der Waals surface area contributed by atoms with Gasteiger partial charge < -0.3 is 9.47 Å². The highest BCUT2D eigenvalue weighted by atomic mass is 32.1. The molecule has 23 heavy (non-hydrogen) atoms. The number of carbonyl (C=O) groups excluding carboxylic acids is 1. The van der Waals surface area contributed by atoms with Crippen molar-refractivity contribution in [2.24, 2.45) is 7.05 Å². The number of hydrogen-bond acceptors (Lipinski definition) is 4. The molecule has 1 aromatic carbocycles. The Hall–Kier alpha value is -2.21. The lowest BCUT2D eigenvalue weighted by Gasteiger charge is -2.16. The number of rotatable bonds is 5. The highest BCUT2D eigenvalue weighted by molar-refractivity contribution is 7.09. The summed E-state index contributed by atoms with van der Waals surface area (Å²) in [4.78, 5) is 24.1. The Balaban J connectivity index is 1.65. The van der Waals surface area contributed by atoms with Crippen molar-refractivity contribution in [2.45, 2.75) is 26.3 Å². The van der Waals surface area contributed by atoms with Gasteiger partial charge in [-0.15, -0.1) is 11.3 Å². The Morgan fingerprint density at radius 2 is 2.13 bits per heavy atom. The van der Waals surface area contributed by atoms with E-state index in [1.807, 2.05) is 55.4 Å². The minimum absolute atomic E-state index is 0.129. The van der Waals surface area contributed by atoms with Gasteiger partial charge in [0.25, 0.3) is 0 Å². The maximum atomic E-state index is 12.4. The first-order chi connectivity index (χ1) is 11.1. The van der Waals surface area contributed by atoms with Gasteiger partial charge in [-0.1, -0.05) is 12.1 Å². The summed E-state index contributed by atoms with van der Waals surface area (Å²) < 4.78 is 2.05. The lowest BCUT2D eigenvalue weighted by Crippen LogP contribution is -2.27. The molecule has 6 heteroatoms. The van der Waals surface area contributed by atoms with Crippen LogP contribution in [0.4, 0.5) is 0 Å². The number of nitrogens with zero attached hydrogens (tertiary/aromatic N) is 4. The van der Waals surface area contributed by atoms with Crippen LogP contribution in [0.5, 0.6) is 0 Å². The van der Waals surface area contributed by atoms with Gasteiger partial charge in [0.1, 0.15) is 5.82 Å². The zero-order chi connectivity index (χ0) is 16.4. The SMILES string of the molecule is Cc1ncsc1CCC(=O)N(C)Cc1nc2ccccc2n1C. The van der Waals surface area contributed by atoms with Crippen LogP contribution in [0.15, 0.2) is 29.8 Å². The number of para-hydroxylation sites is 2. The van der Waals surface area contributed by atoms with Gasteiger partial charge >= 0.3 is 0 Å². The van der Waals surface area contributed by atoms with E-state index in [2.05, 4.69) is 9.97 Å². The number of aryl methyl sites for hydroxylation is 3. The average molecular weight is 328 g/mol. The van der Waals surface area contributed by atoms with Crippen LogP contribution in [0.2, 0.25) is 0 Å². The van der Waals surface area contributed by atoms with Crippen LogP contribution in [0.3, 0.4) is 0 Å². The third-order valence-electron chi connectivity index (χ3n) is 4.09. The second-order valence-corrected chi connectivity index (χ2v) is 6.63. The van der Waals surface area contributed by atoms with Crippen LogP contribution in [0.1, 0.15) is 22.8 Å². The number of carbonyl (C=O) groups is 1. The first-order valence-electron chi connectivity index (χ1n) is 7.59. The lowest BCUT2D eigenvalue weighted by molar-refractivity contribution is -0.130. The van der Waals surface area contributed by atoms with Gasteiger partial charge in [0.2, 0.25) is 5.91 Å². The molecule has 3 aromatic rings. The van der Waals surface area contributed by atoms with E-state index in [1.54, 1.807) is 16.2 Å². The van der Waals surface area contributed by atoms with Gasteiger partial charge in [-0.05, 0) is 25.5 Å². The molecule has 0 atom stereocenters. The van der Waals surface area contributed by atoms with E-state index < -0.39 is 0 Å². The monoisotopic (exact) mass is 328 g/mol. The quantitative estimate of drug-likeness (QED) is 0.723. The molecule has 0 spiro atoms. The summed E-state index contributed by atoms with van der Waals surface area (Å²) in [6.45, 7) is 2.51. The van der Waals surface area contributed by atoms with Crippen LogP contribution in [-0.2, 0) is 24.8 Å². The number of amides is 1. The second-order valence-electron chi connectivity index (χ2n) is 5.69. The Morgan fingerprint density at radius 3 is 2.83 bits per heavy atom. The van der Waals surface area contributed by atoms with Crippen LogP contribution in [-0.4, -0.2) is 32.4 Å². The van der Waals surface area contributed by atoms with Gasteiger partial charge in [-0.25, -0.2) is 9.97 Å². The summed E-state index contributed by atoms with van der Waals surface area (Å²) in [7, 11) is 3.82. The van der Waals surface area contributed by atoms with Crippen molar-refractivity contribution < 1.29 is 4.79 Å². The predicted octanol–water partition coefficient (Wildman–Crippen LogP) is 2.93. The third-order valence-corrected chi connectivity index (χ3v) is 5.09. The van der Waals surface area contributed by atoms with E-state index >= 15 is 0 Å². The molecule has 5 nitrogen and oxygen atoms in total. The molecule has 1 amide bonds. The fraction of sp³-hybridized carbons (Fsp3) is 0.353. The van der Waals surface area contributed by atoms with Gasteiger partial charge in [0.15, 0.2) is 0 Å². The topological polar surface area (TPSA) is 51.0 Å². The van der Waals surface area contributed by atoms with E-state index in [1.165, 1.54) is 4.88 Å². The predicted molar refractivity (Wildman–Crippen MR) is 92.4 cm³/mol. The number of fused-ring (bicyclic) bond motifs is 1. The molecule has 0 radical (unpaired) electrons. The molecular formula is C17H20N4OS. The van der Waals surface area contributed by atoms with Crippen LogP contribution < -0.4 is 0 Å². The second kappa shape index (κ2) is 6.50. The van der Waals surface area contributed by atoms with Crippen molar-refractivity contribution in [3.63, 3.8) is 0 Å². The molecule has 2 heterocycles. The highest BCUT2D eigenvalue weighted by Crippen LogP contribution is 2.17. The molecule has 0 bridgehead atoms. The Bertz CT molecular complexity index is 836. The molecule has 2 aromatic heterocycles. The largest absolute Gasteiger partial charge is 0.338 e. The number of aromatic nitrogens is 3. The minimum atomic E-state index is 0.129. The highest BCUT2D eigenvalue weighted by Gasteiger charge is 2.14. The summed E-state index contributed by atoms with van der Waals surface area (Å²) in [5.74, 6) is 1.03. The molecule has 0 saturated carbocycles. The van der Waals surface area contributed by atoms with Crippen molar-refractivity contribution in [3.8, 4) is 0 Å². The van der Waals surface area contributed by atoms with E-state index in [9.17, 15) is 4.79 Å². The summed E-state index contributed by atoms with van der Waals surface area (Å²) in [5, 5.41) is 0. The smallest absolute Gasteiger partial charge is 0.223 e. The van der Waals surface area contributed by atoms with Crippen molar-refractivity contribution >= 4 is 28.3 Å². The van der Waals surface area contributed by atoms with Crippen LogP contribution >= 0.6 is 11.3 Å². The Labute approximate surface area is 139 Å². The van der Waals surface area contributed by atoms with E-state index in [0.29, 0.717) is 13.0 Å². The van der Waals surface area contributed by atoms with Crippen molar-refractivity contribution in [1.29, 1.82) is 0 Å². The lowest BCUT2D eigenvalue weighted by atomic mass is 10.2. The van der Waals surface area contributed by atoms with Gasteiger partial charge in [-0.2, -0.15) is 0 Å². The van der Waals surface area contributed by atoms with E-state index in [-0.39, 0.29) is 5.91 Å². The van der Waals surface area contributed by atoms with Crippen molar-refractivity contribution in [1.82, 2.24) is 19.4 Å². The molecular weight excluding hydrogens is 308 g/mol. The van der Waals surface area contributed by atoms with Crippen LogP contribution in [0.25, 0.3) is 11.0 Å². The molecule has 0 aliphatic rings. The molecule has 0 aliphatic carbocycles. The molecule has 0 unspecified atom stereocenters. The molecule has 0 fully saturated rings. The summed E-state index contributed by atoms with van der Waals surface area (Å²) >= 11 is 1.61. The molecule has 120 valence electrons. The van der Waals surface area contributed by atoms with Crippen molar-refractivity contribution in [3.05, 3.63) is 46.2 Å². The number of imidazole rings is 1. The van der Waals surface area contributed by atoms with Crippen LogP contribution in [0, 0.1) is 6.92 Å². The zero-order valence-corrected chi connectivity index (χ0v) is 14.4. The Morgan fingerprint density at radius 1 is 1.35 bits per heavy atom. The fourth-order valence-electron chi connectivity index (χ4n) is 2.61. The maximum absolute atomic E-state index is 12.4. The van der Waals surface area contributed by atoms with Crippen molar-refractivity contribution in [2.75, 3.05) is 7.05 Å². The molecule has 0 aliphatic heterocycles. The van der Waals surface area contributed by atoms with E-state index in [0.717, 1.165) is 29.0 Å². The molecule has 0 N–H and O–H groups in total. The zero-order valence-electron chi connectivity index (χ0n) is 13.6. The normalized spacial score (nSPS) is 11.1. The Kier molecular flexibility index (Phi) is 4.43. The first kappa shape index (κ1) is 15.7. The maximum Gasteiger partial charge on any atom is 0.223 e. The van der Waals surface area contributed by atoms with Gasteiger partial charge in [0, 0.05) is 25.4 Å². The average Bonchev–Trinajstić information content (AvgIpc) is 3.09. The van der Waals surface area contributed by atoms with E-state index in [4.69, 9.17) is 0 Å². The number of thiazole rings is 1. The summed E-state index contributed by atoms with van der Waals surface area (Å²) in [6.07, 6.45) is 1.26. The minimum Gasteiger partial charge on any atom is -0.338 e. The summed E-state index contributed by atoms with van der Waals surface area (Å²) in [5.41, 5.74) is 4.91. The number of hydrogen-bond donors (Lipinski definition) is 0. The number of benzene rings is 1. The van der Waals surface area contributed by atoms with Gasteiger partial charge in [0.05, 0.1) is 28.8 Å². The summed E-state index contributed by atoms with van der Waals surface area (Å²) in [6, 6.07) is 8.01. The first-order valence-corrected chi connectivity index (χ1v) is 8.47. The standard InChI is InChI=1S/C17H20N4OS/c1-12-15(23-11-18-12)8-9-17(22)20(2)10-16-19-13-6-4-5-7-14(13)21(16)3/h4-7,11H,8-10H2,1-3H3. The van der Waals surface area contributed by atoms with Gasteiger partial charge in [-0.3, -0.25) is 4.79 Å². The molecule has 0 saturated heterocycles. The fourth-order valence-corrected chi connectivity index (χ4v) is 3.40. The molecule has 3 rings (SSSR count). The third kappa shape index (κ3) is 3.27.